The van der Waals surface area contributed by atoms with Crippen LogP contribution in [0.5, 0.6) is 0 Å². The summed E-state index contributed by atoms with van der Waals surface area (Å²) in [5, 5.41) is 8.83. The Kier molecular flexibility index (Phi) is 5.52. The third kappa shape index (κ3) is 4.06. The zero-order chi connectivity index (χ0) is 18.0. The van der Waals surface area contributed by atoms with Gasteiger partial charge in [-0.3, -0.25) is 0 Å². The van der Waals surface area contributed by atoms with Crippen LogP contribution in [0.4, 0.5) is 13.2 Å². The van der Waals surface area contributed by atoms with Crippen molar-refractivity contribution in [3.8, 4) is 6.07 Å². The molecule has 1 N–H and O–H groups in total. The Balaban J connectivity index is 2.18. The van der Waals surface area contributed by atoms with E-state index in [4.69, 9.17) is 5.26 Å². The number of benzene rings is 1. The number of nitriles is 1. The Morgan fingerprint density at radius 3 is 2.42 bits per heavy atom. The van der Waals surface area contributed by atoms with E-state index in [-0.39, 0.29) is 19.0 Å². The number of quaternary nitrogens is 1. The van der Waals surface area contributed by atoms with Crippen molar-refractivity contribution >= 4 is 10.0 Å². The van der Waals surface area contributed by atoms with Crippen LogP contribution in [0.25, 0.3) is 0 Å². The number of piperazine rings is 1. The Morgan fingerprint density at radius 2 is 1.88 bits per heavy atom. The molecule has 1 aliphatic rings. The summed E-state index contributed by atoms with van der Waals surface area (Å²) < 4.78 is 65.5. The van der Waals surface area contributed by atoms with E-state index in [2.05, 4.69) is 6.07 Å². The third-order valence-corrected chi connectivity index (χ3v) is 6.01. The molecule has 0 saturated carbocycles. The van der Waals surface area contributed by atoms with E-state index >= 15 is 0 Å². The lowest BCUT2D eigenvalue weighted by atomic mass is 10.2. The molecule has 0 bridgehead atoms. The van der Waals surface area contributed by atoms with E-state index in [1.807, 2.05) is 0 Å². The highest BCUT2D eigenvalue weighted by molar-refractivity contribution is 7.89. The fraction of sp³-hybridized carbons (Fsp3) is 0.533. The average molecular weight is 362 g/mol. The summed E-state index contributed by atoms with van der Waals surface area (Å²) in [6.07, 6.45) is -4.72. The largest absolute Gasteiger partial charge is 0.417 e. The van der Waals surface area contributed by atoms with Gasteiger partial charge in [0.25, 0.3) is 0 Å². The highest BCUT2D eigenvalue weighted by Gasteiger charge is 2.40. The fourth-order valence-electron chi connectivity index (χ4n) is 2.79. The van der Waals surface area contributed by atoms with Crippen LogP contribution in [-0.4, -0.2) is 45.4 Å². The van der Waals surface area contributed by atoms with Crippen LogP contribution in [0.15, 0.2) is 29.2 Å². The zero-order valence-electron chi connectivity index (χ0n) is 13.2. The fourth-order valence-corrected chi connectivity index (χ4v) is 4.44. The minimum atomic E-state index is -4.72. The molecule has 0 aromatic heterocycles. The molecule has 0 amide bonds. The van der Waals surface area contributed by atoms with Gasteiger partial charge in [0.2, 0.25) is 10.0 Å². The van der Waals surface area contributed by atoms with Crippen LogP contribution in [-0.2, 0) is 16.2 Å². The molecule has 1 aliphatic heterocycles. The number of halogens is 3. The molecule has 24 heavy (non-hydrogen) atoms. The maximum Gasteiger partial charge on any atom is 0.417 e. The van der Waals surface area contributed by atoms with Gasteiger partial charge in [0.1, 0.15) is 0 Å². The molecule has 1 fully saturated rings. The number of hydrogen-bond donors (Lipinski definition) is 1. The van der Waals surface area contributed by atoms with E-state index in [0.717, 1.165) is 21.3 Å². The number of hydrogen-bond acceptors (Lipinski definition) is 3. The highest BCUT2D eigenvalue weighted by atomic mass is 32.2. The van der Waals surface area contributed by atoms with Gasteiger partial charge in [0.15, 0.2) is 0 Å². The van der Waals surface area contributed by atoms with E-state index in [0.29, 0.717) is 19.6 Å². The molecule has 0 aliphatic carbocycles. The van der Waals surface area contributed by atoms with E-state index in [1.165, 1.54) is 12.1 Å². The standard InChI is InChI=1S/C15H18F3N3O2S/c1-12(10-19)11-20-6-8-21(9-7-20)24(22,23)14-5-3-2-4-13(14)15(16,17)18/h2-5,12H,6-9,11H2,1H3/p+1/t12-/m0/s1. The molecule has 1 aromatic carbocycles. The summed E-state index contributed by atoms with van der Waals surface area (Å²) in [5.74, 6) is -0.144. The summed E-state index contributed by atoms with van der Waals surface area (Å²) >= 11 is 0. The Bertz CT molecular complexity index is 720. The van der Waals surface area contributed by atoms with Gasteiger partial charge in [-0.25, -0.2) is 8.42 Å². The average Bonchev–Trinajstić information content (AvgIpc) is 2.54. The predicted octanol–water partition coefficient (Wildman–Crippen LogP) is 0.754. The number of sulfonamides is 1. The minimum absolute atomic E-state index is 0.141. The monoisotopic (exact) mass is 362 g/mol. The minimum Gasteiger partial charge on any atom is -0.332 e. The summed E-state index contributed by atoms with van der Waals surface area (Å²) in [6.45, 7) is 3.61. The first-order valence-corrected chi connectivity index (χ1v) is 9.00. The summed E-state index contributed by atoms with van der Waals surface area (Å²) in [5.41, 5.74) is -1.14. The smallest absolute Gasteiger partial charge is 0.332 e. The van der Waals surface area contributed by atoms with Gasteiger partial charge < -0.3 is 4.90 Å². The first kappa shape index (κ1) is 18.7. The van der Waals surface area contributed by atoms with Crippen molar-refractivity contribution < 1.29 is 26.5 Å². The van der Waals surface area contributed by atoms with Crippen molar-refractivity contribution in [2.24, 2.45) is 5.92 Å². The Morgan fingerprint density at radius 1 is 1.29 bits per heavy atom. The first-order chi connectivity index (χ1) is 11.2. The quantitative estimate of drug-likeness (QED) is 0.860. The second-order valence-electron chi connectivity index (χ2n) is 5.88. The first-order valence-electron chi connectivity index (χ1n) is 7.56. The number of nitrogens with one attached hydrogen (secondary N) is 1. The topological polar surface area (TPSA) is 65.6 Å². The molecule has 1 atom stereocenters. The number of nitrogens with zero attached hydrogens (tertiary/aromatic N) is 2. The zero-order valence-corrected chi connectivity index (χ0v) is 14.0. The lowest BCUT2D eigenvalue weighted by molar-refractivity contribution is -0.905. The number of alkyl halides is 3. The van der Waals surface area contributed by atoms with Crippen molar-refractivity contribution in [1.29, 1.82) is 5.26 Å². The Labute approximate surface area is 139 Å². The highest BCUT2D eigenvalue weighted by Crippen LogP contribution is 2.35. The van der Waals surface area contributed by atoms with Gasteiger partial charge in [0.05, 0.1) is 55.2 Å². The molecule has 132 valence electrons. The van der Waals surface area contributed by atoms with Gasteiger partial charge in [0, 0.05) is 0 Å². The van der Waals surface area contributed by atoms with Crippen molar-refractivity contribution in [2.75, 3.05) is 32.7 Å². The van der Waals surface area contributed by atoms with Crippen molar-refractivity contribution in [3.05, 3.63) is 29.8 Å². The van der Waals surface area contributed by atoms with Gasteiger partial charge in [-0.2, -0.15) is 22.7 Å². The van der Waals surface area contributed by atoms with E-state index in [9.17, 15) is 21.6 Å². The SMILES string of the molecule is C[C@@H](C#N)C[NH+]1CCN(S(=O)(=O)c2ccccc2C(F)(F)F)CC1. The molecule has 2 rings (SSSR count). The molecular formula is C15H19F3N3O2S+. The van der Waals surface area contributed by atoms with Crippen LogP contribution in [0.3, 0.4) is 0 Å². The van der Waals surface area contributed by atoms with Crippen molar-refractivity contribution in [1.82, 2.24) is 4.31 Å². The van der Waals surface area contributed by atoms with Crippen molar-refractivity contribution in [3.63, 3.8) is 0 Å². The molecule has 9 heteroatoms. The maximum atomic E-state index is 13.1. The Hall–Kier alpha value is -1.63. The second-order valence-corrected chi connectivity index (χ2v) is 7.79. The third-order valence-electron chi connectivity index (χ3n) is 4.06. The van der Waals surface area contributed by atoms with Gasteiger partial charge >= 0.3 is 6.18 Å². The summed E-state index contributed by atoms with van der Waals surface area (Å²) in [7, 11) is -4.20. The second kappa shape index (κ2) is 7.09. The van der Waals surface area contributed by atoms with E-state index in [1.54, 1.807) is 6.92 Å². The van der Waals surface area contributed by atoms with Crippen LogP contribution in [0, 0.1) is 17.2 Å². The molecule has 1 heterocycles. The van der Waals surface area contributed by atoms with Gasteiger partial charge in [-0.1, -0.05) is 12.1 Å². The summed E-state index contributed by atoms with van der Waals surface area (Å²) in [4.78, 5) is 0.381. The molecule has 1 saturated heterocycles. The molecule has 0 radical (unpaired) electrons. The van der Waals surface area contributed by atoms with Crippen LogP contribution >= 0.6 is 0 Å². The number of rotatable bonds is 4. The van der Waals surface area contributed by atoms with Gasteiger partial charge in [-0.05, 0) is 19.1 Å². The predicted molar refractivity (Wildman–Crippen MR) is 80.5 cm³/mol. The van der Waals surface area contributed by atoms with E-state index < -0.39 is 26.7 Å². The molecule has 0 unspecified atom stereocenters. The normalized spacial score (nSPS) is 19.0. The van der Waals surface area contributed by atoms with Gasteiger partial charge in [-0.15, -0.1) is 0 Å². The molecule has 5 nitrogen and oxygen atoms in total. The molecular weight excluding hydrogens is 343 g/mol. The maximum absolute atomic E-state index is 13.1. The lowest BCUT2D eigenvalue weighted by Gasteiger charge is -2.32. The van der Waals surface area contributed by atoms with Crippen LogP contribution < -0.4 is 4.90 Å². The summed E-state index contributed by atoms with van der Waals surface area (Å²) in [6, 6.07) is 6.37. The van der Waals surface area contributed by atoms with Crippen LogP contribution in [0.2, 0.25) is 0 Å². The molecule has 0 spiro atoms. The van der Waals surface area contributed by atoms with Crippen LogP contribution in [0.1, 0.15) is 12.5 Å². The lowest BCUT2D eigenvalue weighted by Crippen LogP contribution is -3.15. The van der Waals surface area contributed by atoms with Crippen molar-refractivity contribution in [2.45, 2.75) is 18.0 Å². The molecule has 1 aromatic rings.